The van der Waals surface area contributed by atoms with Crippen molar-refractivity contribution in [2.75, 3.05) is 6.54 Å². The second kappa shape index (κ2) is 9.57. The fourth-order valence-electron chi connectivity index (χ4n) is 3.59. The number of fused-ring (bicyclic) bond motifs is 1. The van der Waals surface area contributed by atoms with Crippen LogP contribution < -0.4 is 5.73 Å². The molecule has 1 aliphatic rings. The highest BCUT2D eigenvalue weighted by atomic mass is 14.8. The van der Waals surface area contributed by atoms with Gasteiger partial charge in [0.1, 0.15) is 0 Å². The normalized spacial score (nSPS) is 13.9. The van der Waals surface area contributed by atoms with Gasteiger partial charge in [-0.05, 0) is 70.4 Å². The standard InChI is InChI=1S/C25H30N4/c1-17(9-7-13-25-22-10-5-6-12-24(22)29-25)18(2)23(14-15-26)28-20(4)21-11-8-16-27-19(21)3/h5-6,8,10-12,16H,4,7,9,13-15,26H2,1-3H3/b18-17+,28-23-. The van der Waals surface area contributed by atoms with E-state index in [1.807, 2.05) is 25.1 Å². The van der Waals surface area contributed by atoms with Crippen molar-refractivity contribution >= 4 is 22.8 Å². The third-order valence-corrected chi connectivity index (χ3v) is 5.48. The largest absolute Gasteiger partial charge is 0.330 e. The van der Waals surface area contributed by atoms with E-state index in [2.05, 4.69) is 48.6 Å². The van der Waals surface area contributed by atoms with Crippen LogP contribution in [0.25, 0.3) is 5.70 Å². The van der Waals surface area contributed by atoms with Gasteiger partial charge in [-0.15, -0.1) is 0 Å². The second-order valence-corrected chi connectivity index (χ2v) is 7.51. The first-order valence-electron chi connectivity index (χ1n) is 10.2. The van der Waals surface area contributed by atoms with Gasteiger partial charge in [-0.3, -0.25) is 15.0 Å². The molecule has 4 nitrogen and oxygen atoms in total. The number of nitrogens with zero attached hydrogens (tertiary/aromatic N) is 3. The van der Waals surface area contributed by atoms with Gasteiger partial charge in [-0.25, -0.2) is 0 Å². The molecule has 1 aliphatic heterocycles. The van der Waals surface area contributed by atoms with Gasteiger partial charge in [0.2, 0.25) is 0 Å². The predicted octanol–water partition coefficient (Wildman–Crippen LogP) is 5.79. The third kappa shape index (κ3) is 4.96. The van der Waals surface area contributed by atoms with Crippen molar-refractivity contribution in [2.45, 2.75) is 46.5 Å². The van der Waals surface area contributed by atoms with Gasteiger partial charge in [0.05, 0.1) is 17.1 Å². The first kappa shape index (κ1) is 20.9. The zero-order valence-electron chi connectivity index (χ0n) is 17.7. The fourth-order valence-corrected chi connectivity index (χ4v) is 3.59. The molecule has 2 N–H and O–H groups in total. The van der Waals surface area contributed by atoms with Crippen LogP contribution in [0.1, 0.15) is 56.4 Å². The number of aryl methyl sites for hydroxylation is 1. The molecule has 0 saturated heterocycles. The van der Waals surface area contributed by atoms with Crippen LogP contribution >= 0.6 is 0 Å². The minimum absolute atomic E-state index is 0.566. The highest BCUT2D eigenvalue weighted by Crippen LogP contribution is 2.31. The summed E-state index contributed by atoms with van der Waals surface area (Å²) in [5, 5.41) is 0. The lowest BCUT2D eigenvalue weighted by molar-refractivity contribution is 0.844. The highest BCUT2D eigenvalue weighted by Gasteiger charge is 2.17. The average Bonchev–Trinajstić information content (AvgIpc) is 2.70. The van der Waals surface area contributed by atoms with E-state index in [0.717, 1.165) is 54.0 Å². The Morgan fingerprint density at radius 3 is 2.62 bits per heavy atom. The number of allylic oxidation sites excluding steroid dienone is 2. The number of nitrogens with two attached hydrogens (primary N) is 1. The van der Waals surface area contributed by atoms with Crippen molar-refractivity contribution in [1.82, 2.24) is 4.98 Å². The summed E-state index contributed by atoms with van der Waals surface area (Å²) in [6.45, 7) is 11.0. The summed E-state index contributed by atoms with van der Waals surface area (Å²) in [4.78, 5) is 13.8. The highest BCUT2D eigenvalue weighted by molar-refractivity contribution is 6.12. The molecule has 4 heteroatoms. The summed E-state index contributed by atoms with van der Waals surface area (Å²) in [7, 11) is 0. The summed E-state index contributed by atoms with van der Waals surface area (Å²) in [5.74, 6) is 0. The van der Waals surface area contributed by atoms with E-state index in [9.17, 15) is 0 Å². The minimum atomic E-state index is 0.566. The molecule has 0 aliphatic carbocycles. The number of hydrogen-bond donors (Lipinski definition) is 1. The second-order valence-electron chi connectivity index (χ2n) is 7.51. The number of pyridine rings is 1. The lowest BCUT2D eigenvalue weighted by atomic mass is 9.94. The number of benzene rings is 1. The monoisotopic (exact) mass is 386 g/mol. The Labute approximate surface area is 174 Å². The maximum atomic E-state index is 5.86. The number of aromatic nitrogens is 1. The van der Waals surface area contributed by atoms with E-state index >= 15 is 0 Å². The van der Waals surface area contributed by atoms with Gasteiger partial charge in [0, 0.05) is 35.2 Å². The van der Waals surface area contributed by atoms with Crippen molar-refractivity contribution in [2.24, 2.45) is 15.7 Å². The quantitative estimate of drug-likeness (QED) is 0.554. The van der Waals surface area contributed by atoms with Crippen molar-refractivity contribution in [3.8, 4) is 0 Å². The molecule has 0 amide bonds. The van der Waals surface area contributed by atoms with Gasteiger partial charge in [0.25, 0.3) is 0 Å². The van der Waals surface area contributed by atoms with Crippen molar-refractivity contribution in [3.63, 3.8) is 0 Å². The van der Waals surface area contributed by atoms with Crippen LogP contribution in [0.2, 0.25) is 0 Å². The number of aliphatic imine (C=N–C) groups is 2. The van der Waals surface area contributed by atoms with Crippen molar-refractivity contribution in [1.29, 1.82) is 0 Å². The predicted molar refractivity (Wildman–Crippen MR) is 124 cm³/mol. The number of hydrogen-bond acceptors (Lipinski definition) is 4. The lowest BCUT2D eigenvalue weighted by Gasteiger charge is -2.18. The van der Waals surface area contributed by atoms with E-state index in [0.29, 0.717) is 6.54 Å². The lowest BCUT2D eigenvalue weighted by Crippen LogP contribution is -2.11. The molecular weight excluding hydrogens is 356 g/mol. The first-order valence-corrected chi connectivity index (χ1v) is 10.2. The molecule has 0 unspecified atom stereocenters. The third-order valence-electron chi connectivity index (χ3n) is 5.48. The van der Waals surface area contributed by atoms with Crippen LogP contribution in [0.3, 0.4) is 0 Å². The van der Waals surface area contributed by atoms with Crippen molar-refractivity contribution in [3.05, 3.63) is 77.1 Å². The molecular formula is C25H30N4. The Balaban J connectivity index is 1.67. The van der Waals surface area contributed by atoms with E-state index in [1.54, 1.807) is 6.20 Å². The average molecular weight is 387 g/mol. The first-order chi connectivity index (χ1) is 14.0. The maximum absolute atomic E-state index is 5.86. The Morgan fingerprint density at radius 1 is 1.10 bits per heavy atom. The van der Waals surface area contributed by atoms with Crippen LogP contribution in [-0.4, -0.2) is 23.0 Å². The number of para-hydroxylation sites is 1. The summed E-state index contributed by atoms with van der Waals surface area (Å²) in [6.07, 6.45) is 5.63. The van der Waals surface area contributed by atoms with Gasteiger partial charge >= 0.3 is 0 Å². The van der Waals surface area contributed by atoms with E-state index in [1.165, 1.54) is 22.4 Å². The summed E-state index contributed by atoms with van der Waals surface area (Å²) >= 11 is 0. The van der Waals surface area contributed by atoms with Crippen molar-refractivity contribution < 1.29 is 0 Å². The molecule has 1 aromatic heterocycles. The Kier molecular flexibility index (Phi) is 6.89. The number of rotatable bonds is 9. The van der Waals surface area contributed by atoms with E-state index in [-0.39, 0.29) is 0 Å². The van der Waals surface area contributed by atoms with Gasteiger partial charge in [-0.2, -0.15) is 0 Å². The Bertz CT molecular complexity index is 995. The van der Waals surface area contributed by atoms with Gasteiger partial charge < -0.3 is 5.73 Å². The Hall–Kier alpha value is -2.85. The zero-order valence-corrected chi connectivity index (χ0v) is 17.7. The molecule has 0 saturated carbocycles. The molecule has 29 heavy (non-hydrogen) atoms. The molecule has 0 fully saturated rings. The van der Waals surface area contributed by atoms with E-state index < -0.39 is 0 Å². The van der Waals surface area contributed by atoms with Crippen LogP contribution in [-0.2, 0) is 0 Å². The van der Waals surface area contributed by atoms with E-state index in [4.69, 9.17) is 10.7 Å². The minimum Gasteiger partial charge on any atom is -0.330 e. The van der Waals surface area contributed by atoms with Gasteiger partial charge in [0.15, 0.2) is 0 Å². The maximum Gasteiger partial charge on any atom is 0.0723 e. The molecule has 0 spiro atoms. The smallest absolute Gasteiger partial charge is 0.0723 e. The SMILES string of the molecule is C=C(/N=C(CCN)\C(C)=C(/C)CCCC1=Nc2ccccc21)c1cccnc1C. The van der Waals surface area contributed by atoms with Crippen LogP contribution in [0, 0.1) is 6.92 Å². The molecule has 1 aromatic carbocycles. The van der Waals surface area contributed by atoms with Crippen LogP contribution in [0.5, 0.6) is 0 Å². The molecule has 0 radical (unpaired) electrons. The van der Waals surface area contributed by atoms with Gasteiger partial charge in [-0.1, -0.05) is 30.4 Å². The van der Waals surface area contributed by atoms with Crippen LogP contribution in [0.4, 0.5) is 5.69 Å². The molecule has 0 atom stereocenters. The summed E-state index contributed by atoms with van der Waals surface area (Å²) < 4.78 is 0. The molecule has 3 rings (SSSR count). The fraction of sp³-hybridized carbons (Fsp3) is 0.320. The summed E-state index contributed by atoms with van der Waals surface area (Å²) in [5.41, 5.74) is 15.8. The summed E-state index contributed by atoms with van der Waals surface area (Å²) in [6, 6.07) is 12.3. The molecule has 2 aromatic rings. The molecule has 2 heterocycles. The topological polar surface area (TPSA) is 63.6 Å². The zero-order chi connectivity index (χ0) is 20.8. The molecule has 150 valence electrons. The molecule has 0 bridgehead atoms. The Morgan fingerprint density at radius 2 is 1.90 bits per heavy atom. The van der Waals surface area contributed by atoms with Crippen LogP contribution in [0.15, 0.2) is 70.3 Å².